The smallest absolute Gasteiger partial charge is 0.125 e. The van der Waals surface area contributed by atoms with E-state index in [2.05, 4.69) is 12.2 Å². The number of aryl methyl sites for hydroxylation is 1. The second-order valence-corrected chi connectivity index (χ2v) is 5.35. The molecule has 0 saturated carbocycles. The summed E-state index contributed by atoms with van der Waals surface area (Å²) >= 11 is 0. The number of hydrogen-bond acceptors (Lipinski definition) is 3. The Morgan fingerprint density at radius 2 is 2.10 bits per heavy atom. The fourth-order valence-corrected chi connectivity index (χ4v) is 2.29. The third kappa shape index (κ3) is 4.33. The van der Waals surface area contributed by atoms with Gasteiger partial charge in [0.15, 0.2) is 0 Å². The van der Waals surface area contributed by atoms with Crippen molar-refractivity contribution in [2.45, 2.75) is 33.4 Å². The van der Waals surface area contributed by atoms with Crippen LogP contribution in [0.2, 0.25) is 0 Å². The van der Waals surface area contributed by atoms with Gasteiger partial charge in [-0.25, -0.2) is 4.39 Å². The molecule has 0 aliphatic carbocycles. The topological polar surface area (TPSA) is 28.4 Å². The van der Waals surface area contributed by atoms with E-state index >= 15 is 0 Å². The van der Waals surface area contributed by atoms with Crippen LogP contribution in [0.4, 0.5) is 10.1 Å². The first kappa shape index (κ1) is 15.6. The third-order valence-corrected chi connectivity index (χ3v) is 3.51. The van der Waals surface area contributed by atoms with Crippen LogP contribution in [-0.4, -0.2) is 13.6 Å². The Labute approximate surface area is 125 Å². The molecule has 0 spiro atoms. The van der Waals surface area contributed by atoms with Crippen LogP contribution in [0.3, 0.4) is 0 Å². The molecule has 0 aliphatic heterocycles. The van der Waals surface area contributed by atoms with Gasteiger partial charge in [-0.3, -0.25) is 0 Å². The van der Waals surface area contributed by atoms with Gasteiger partial charge in [0.05, 0.1) is 6.26 Å². The Bertz CT molecular complexity index is 580. The number of nitrogens with zero attached hydrogens (tertiary/aromatic N) is 1. The quantitative estimate of drug-likeness (QED) is 0.785. The minimum Gasteiger partial charge on any atom is -0.469 e. The normalized spacial score (nSPS) is 10.9. The van der Waals surface area contributed by atoms with Gasteiger partial charge in [-0.2, -0.15) is 0 Å². The zero-order valence-electron chi connectivity index (χ0n) is 12.9. The highest BCUT2D eigenvalue weighted by Gasteiger charge is 2.09. The molecule has 1 aromatic carbocycles. The highest BCUT2D eigenvalue weighted by molar-refractivity contribution is 5.49. The lowest BCUT2D eigenvalue weighted by Gasteiger charge is -2.20. The molecule has 2 aromatic rings. The van der Waals surface area contributed by atoms with Crippen LogP contribution >= 0.6 is 0 Å². The van der Waals surface area contributed by atoms with E-state index in [0.717, 1.165) is 35.5 Å². The number of halogens is 1. The van der Waals surface area contributed by atoms with Gasteiger partial charge in [0.25, 0.3) is 0 Å². The van der Waals surface area contributed by atoms with Crippen LogP contribution in [0.25, 0.3) is 0 Å². The van der Waals surface area contributed by atoms with E-state index in [-0.39, 0.29) is 5.82 Å². The predicted molar refractivity (Wildman–Crippen MR) is 83.9 cm³/mol. The molecular formula is C17H23FN2O. The van der Waals surface area contributed by atoms with Crippen molar-refractivity contribution < 1.29 is 8.81 Å². The zero-order chi connectivity index (χ0) is 15.2. The number of rotatable bonds is 7. The van der Waals surface area contributed by atoms with Gasteiger partial charge in [-0.15, -0.1) is 0 Å². The molecule has 21 heavy (non-hydrogen) atoms. The van der Waals surface area contributed by atoms with Crippen molar-refractivity contribution >= 4 is 5.69 Å². The molecule has 2 rings (SSSR count). The molecule has 0 saturated heterocycles. The van der Waals surface area contributed by atoms with Gasteiger partial charge in [-0.1, -0.05) is 6.92 Å². The number of hydrogen-bond donors (Lipinski definition) is 1. The zero-order valence-corrected chi connectivity index (χ0v) is 12.9. The molecule has 0 atom stereocenters. The van der Waals surface area contributed by atoms with Crippen molar-refractivity contribution in [2.24, 2.45) is 0 Å². The average molecular weight is 290 g/mol. The van der Waals surface area contributed by atoms with Crippen LogP contribution in [0.15, 0.2) is 34.9 Å². The van der Waals surface area contributed by atoms with Crippen LogP contribution in [0.5, 0.6) is 0 Å². The molecule has 3 nitrogen and oxygen atoms in total. The van der Waals surface area contributed by atoms with Gasteiger partial charge in [0, 0.05) is 31.4 Å². The molecule has 0 radical (unpaired) electrons. The second kappa shape index (κ2) is 7.27. The lowest BCUT2D eigenvalue weighted by Crippen LogP contribution is -2.18. The van der Waals surface area contributed by atoms with Gasteiger partial charge >= 0.3 is 0 Å². The van der Waals surface area contributed by atoms with Crippen LogP contribution < -0.4 is 10.2 Å². The monoisotopic (exact) mass is 290 g/mol. The maximum absolute atomic E-state index is 13.8. The van der Waals surface area contributed by atoms with E-state index in [9.17, 15) is 4.39 Å². The number of nitrogens with one attached hydrogen (secondary N) is 1. The number of benzene rings is 1. The molecule has 1 N–H and O–H groups in total. The number of anilines is 1. The van der Waals surface area contributed by atoms with E-state index < -0.39 is 0 Å². The molecule has 1 heterocycles. The van der Waals surface area contributed by atoms with Crippen molar-refractivity contribution in [3.63, 3.8) is 0 Å². The molecule has 0 amide bonds. The van der Waals surface area contributed by atoms with E-state index in [0.29, 0.717) is 13.1 Å². The molecule has 0 bridgehead atoms. The summed E-state index contributed by atoms with van der Waals surface area (Å²) in [7, 11) is 1.96. The summed E-state index contributed by atoms with van der Waals surface area (Å²) in [5.41, 5.74) is 2.96. The second-order valence-electron chi connectivity index (χ2n) is 5.35. The Morgan fingerprint density at radius 1 is 1.29 bits per heavy atom. The van der Waals surface area contributed by atoms with E-state index in [1.54, 1.807) is 18.4 Å². The minimum atomic E-state index is -0.198. The van der Waals surface area contributed by atoms with E-state index in [4.69, 9.17) is 4.42 Å². The van der Waals surface area contributed by atoms with Crippen molar-refractivity contribution in [1.29, 1.82) is 0 Å². The summed E-state index contributed by atoms with van der Waals surface area (Å²) < 4.78 is 19.1. The minimum absolute atomic E-state index is 0.198. The summed E-state index contributed by atoms with van der Waals surface area (Å²) in [5.74, 6) is 0.708. The molecule has 0 fully saturated rings. The van der Waals surface area contributed by atoms with Crippen molar-refractivity contribution in [3.8, 4) is 0 Å². The standard InChI is InChI=1S/C17H23FN2O/c1-4-6-19-11-14-8-16(18)10-17(9-14)20(3)12-15-5-7-21-13(15)2/h5,7-10,19H,4,6,11-12H2,1-3H3. The molecule has 0 aliphatic rings. The van der Waals surface area contributed by atoms with Crippen LogP contribution in [0.1, 0.15) is 30.2 Å². The van der Waals surface area contributed by atoms with Gasteiger partial charge in [-0.05, 0) is 49.7 Å². The summed E-state index contributed by atoms with van der Waals surface area (Å²) in [6.45, 7) is 6.39. The summed E-state index contributed by atoms with van der Waals surface area (Å²) in [5, 5.41) is 3.30. The predicted octanol–water partition coefficient (Wildman–Crippen LogP) is 3.86. The summed E-state index contributed by atoms with van der Waals surface area (Å²) in [6.07, 6.45) is 2.76. The first-order valence-electron chi connectivity index (χ1n) is 7.34. The van der Waals surface area contributed by atoms with Crippen LogP contribution in [-0.2, 0) is 13.1 Å². The van der Waals surface area contributed by atoms with E-state index in [1.165, 1.54) is 0 Å². The largest absolute Gasteiger partial charge is 0.469 e. The Kier molecular flexibility index (Phi) is 5.39. The molecule has 0 unspecified atom stereocenters. The lowest BCUT2D eigenvalue weighted by atomic mass is 10.1. The maximum atomic E-state index is 13.8. The van der Waals surface area contributed by atoms with Crippen molar-refractivity contribution in [2.75, 3.05) is 18.5 Å². The highest BCUT2D eigenvalue weighted by Crippen LogP contribution is 2.21. The third-order valence-electron chi connectivity index (χ3n) is 3.51. The molecule has 114 valence electrons. The van der Waals surface area contributed by atoms with Crippen molar-refractivity contribution in [1.82, 2.24) is 5.32 Å². The fraction of sp³-hybridized carbons (Fsp3) is 0.412. The lowest BCUT2D eigenvalue weighted by molar-refractivity contribution is 0.529. The van der Waals surface area contributed by atoms with Gasteiger partial charge in [0.2, 0.25) is 0 Å². The summed E-state index contributed by atoms with van der Waals surface area (Å²) in [4.78, 5) is 2.03. The first-order chi connectivity index (χ1) is 10.1. The molecule has 1 aromatic heterocycles. The SMILES string of the molecule is CCCNCc1cc(F)cc(N(C)Cc2ccoc2C)c1. The Balaban J connectivity index is 2.09. The molecular weight excluding hydrogens is 267 g/mol. The van der Waals surface area contributed by atoms with Crippen molar-refractivity contribution in [3.05, 3.63) is 53.2 Å². The number of furan rings is 1. The maximum Gasteiger partial charge on any atom is 0.125 e. The van der Waals surface area contributed by atoms with Crippen LogP contribution in [0, 0.1) is 12.7 Å². The fourth-order valence-electron chi connectivity index (χ4n) is 2.29. The average Bonchev–Trinajstić information content (AvgIpc) is 2.84. The van der Waals surface area contributed by atoms with Gasteiger partial charge < -0.3 is 14.6 Å². The summed E-state index contributed by atoms with van der Waals surface area (Å²) in [6, 6.07) is 7.14. The first-order valence-corrected chi connectivity index (χ1v) is 7.34. The Hall–Kier alpha value is -1.81. The van der Waals surface area contributed by atoms with Gasteiger partial charge in [0.1, 0.15) is 11.6 Å². The van der Waals surface area contributed by atoms with E-state index in [1.807, 2.05) is 31.0 Å². The molecule has 4 heteroatoms. The highest BCUT2D eigenvalue weighted by atomic mass is 19.1. The Morgan fingerprint density at radius 3 is 2.76 bits per heavy atom.